The molecule has 19 aromatic carbocycles. The minimum absolute atomic E-state index is 1.08. The number of aromatic nitrogens is 8. The van der Waals surface area contributed by atoms with Gasteiger partial charge in [0.05, 0.1) is 55.2 Å². The Morgan fingerprint density at radius 1 is 0.130 bits per heavy atom. The van der Waals surface area contributed by atoms with Crippen LogP contribution in [0.1, 0.15) is 0 Å². The van der Waals surface area contributed by atoms with Crippen molar-refractivity contribution in [3.63, 3.8) is 0 Å². The monoisotopic (exact) mass is 1760 g/mol. The van der Waals surface area contributed by atoms with Gasteiger partial charge in [-0.1, -0.05) is 279 Å². The van der Waals surface area contributed by atoms with Crippen LogP contribution in [0.4, 0.5) is 17.1 Å². The third-order valence-corrected chi connectivity index (χ3v) is 27.0. The van der Waals surface area contributed by atoms with Crippen molar-refractivity contribution in [3.05, 3.63) is 529 Å². The number of hydrogen-bond donors (Lipinski definition) is 0. The molecule has 0 amide bonds. The van der Waals surface area contributed by atoms with E-state index in [-0.39, 0.29) is 0 Å². The van der Waals surface area contributed by atoms with Crippen molar-refractivity contribution in [1.29, 1.82) is 0 Å². The molecule has 138 heavy (non-hydrogen) atoms. The normalized spacial score (nSPS) is 11.5. The Hall–Kier alpha value is -18.6. The van der Waals surface area contributed by atoms with Gasteiger partial charge in [0, 0.05) is 153 Å². The Morgan fingerprint density at radius 2 is 0.304 bits per heavy atom. The summed E-state index contributed by atoms with van der Waals surface area (Å²) in [7, 11) is 0. The van der Waals surface area contributed by atoms with Crippen LogP contribution in [0.25, 0.3) is 215 Å². The molecular weight excluding hydrogens is 1680 g/mol. The summed E-state index contributed by atoms with van der Waals surface area (Å²) < 4.78 is 11.9. The molecule has 0 aliphatic rings. The summed E-state index contributed by atoms with van der Waals surface area (Å²) in [5.74, 6) is 0. The van der Waals surface area contributed by atoms with Crippen LogP contribution in [0, 0.1) is 0 Å². The van der Waals surface area contributed by atoms with Crippen molar-refractivity contribution < 1.29 is 0 Å². The third kappa shape index (κ3) is 14.8. The lowest BCUT2D eigenvalue weighted by Crippen LogP contribution is -2.10. The maximum atomic E-state index is 4.33. The molecule has 0 atom stereocenters. The number of fused-ring (bicyclic) bond motifs is 15. The van der Waals surface area contributed by atoms with Crippen LogP contribution >= 0.6 is 0 Å². The van der Waals surface area contributed by atoms with E-state index in [4.69, 9.17) is 0 Å². The summed E-state index contributed by atoms with van der Waals surface area (Å²) in [6, 6.07) is 177. The highest BCUT2D eigenvalue weighted by Crippen LogP contribution is 2.45. The minimum atomic E-state index is 1.08. The zero-order chi connectivity index (χ0) is 91.4. The number of para-hydroxylation sites is 10. The molecule has 0 radical (unpaired) electrons. The van der Waals surface area contributed by atoms with E-state index in [1.807, 2.05) is 55.4 Å². The Labute approximate surface area is 798 Å². The summed E-state index contributed by atoms with van der Waals surface area (Å²) >= 11 is 0. The second-order valence-corrected chi connectivity index (χ2v) is 35.1. The Kier molecular flexibility index (Phi) is 20.8. The molecule has 0 aliphatic heterocycles. The van der Waals surface area contributed by atoms with E-state index < -0.39 is 0 Å². The van der Waals surface area contributed by atoms with Crippen LogP contribution < -0.4 is 4.90 Å². The summed E-state index contributed by atoms with van der Waals surface area (Å²) in [6.07, 6.45) is 11.2. The van der Waals surface area contributed by atoms with Gasteiger partial charge in [-0.05, 0) is 274 Å². The highest BCUT2D eigenvalue weighted by atomic mass is 15.1. The van der Waals surface area contributed by atoms with Gasteiger partial charge in [0.2, 0.25) is 0 Å². The van der Waals surface area contributed by atoms with Crippen molar-refractivity contribution in [2.24, 2.45) is 0 Å². The zero-order valence-corrected chi connectivity index (χ0v) is 75.3. The van der Waals surface area contributed by atoms with Gasteiger partial charge in [-0.25, -0.2) is 0 Å². The Balaban J connectivity index is 0.000000113. The topological polar surface area (TPSA) is 66.6 Å². The van der Waals surface area contributed by atoms with Crippen molar-refractivity contribution in [2.75, 3.05) is 4.90 Å². The van der Waals surface area contributed by atoms with E-state index in [0.29, 0.717) is 0 Å². The van der Waals surface area contributed by atoms with Gasteiger partial charge < -0.3 is 27.7 Å². The molecule has 0 aliphatic carbocycles. The number of hydrogen-bond acceptors (Lipinski definition) is 4. The minimum Gasteiger partial charge on any atom is -0.310 e. The molecule has 0 N–H and O–H groups in total. The largest absolute Gasteiger partial charge is 0.310 e. The number of anilines is 3. The maximum Gasteiger partial charge on any atom is 0.0541 e. The fraction of sp³-hybridized carbons (Fsp3) is 0. The number of nitrogens with zero attached hydrogens (tertiary/aromatic N) is 9. The molecule has 0 saturated carbocycles. The van der Waals surface area contributed by atoms with Gasteiger partial charge in [0.25, 0.3) is 0 Å². The average molecular weight is 1760 g/mol. The molecule has 27 aromatic rings. The standard InChI is InChI=1S/C54H36N4.C39H27N3.C36H24N2/c1-7-19-49-43(13-1)44-14-2-8-20-50(44)56(49)40-31-25-37(26-32-40)55(38-27-33-41(34-28-38)57-51-21-9-3-15-45(51)46-16-4-10-22-52(46)57)39-29-35-42(36-30-39)58-53-23-11-5-17-47(53)48-18-6-12-24-54(48)58;1-7-28(34-13-4-16-40-25-34)19-31(10-1)37-22-38(32-11-2-8-29(20-32)35-14-5-17-41-26-35)24-39(23-37)33-12-3-9-30(21-33)36-15-6-18-42-27-36;1-5-19-33-29(15-1)30-16-2-6-20-34(30)37(33)27-13-9-11-25(23-27)26-12-10-14-28(24-26)38-35-21-7-3-17-31(35)32-18-4-8-22-36(32)38/h1-36H;1-27H;1-24H. The van der Waals surface area contributed by atoms with Crippen molar-refractivity contribution >= 4 is 126 Å². The van der Waals surface area contributed by atoms with Crippen LogP contribution in [0.5, 0.6) is 0 Å². The molecular formula is C129H87N9. The van der Waals surface area contributed by atoms with Gasteiger partial charge >= 0.3 is 0 Å². The molecule has 0 unspecified atom stereocenters. The zero-order valence-electron chi connectivity index (χ0n) is 75.3. The first kappa shape index (κ1) is 81.4. The summed E-state index contributed by atoms with van der Waals surface area (Å²) in [6.45, 7) is 0. The smallest absolute Gasteiger partial charge is 0.0541 e. The third-order valence-electron chi connectivity index (χ3n) is 27.0. The second kappa shape index (κ2) is 35.2. The van der Waals surface area contributed by atoms with Crippen LogP contribution in [-0.2, 0) is 0 Å². The molecule has 9 heteroatoms. The quantitative estimate of drug-likeness (QED) is 0.103. The van der Waals surface area contributed by atoms with Crippen LogP contribution in [-0.4, -0.2) is 37.8 Å². The van der Waals surface area contributed by atoms with E-state index in [2.05, 4.69) is 516 Å². The lowest BCUT2D eigenvalue weighted by Gasteiger charge is -2.26. The van der Waals surface area contributed by atoms with Crippen molar-refractivity contribution in [1.82, 2.24) is 37.8 Å². The average Bonchev–Trinajstić information content (AvgIpc) is 1.60. The molecule has 0 bridgehead atoms. The van der Waals surface area contributed by atoms with Crippen molar-refractivity contribution in [2.45, 2.75) is 0 Å². The van der Waals surface area contributed by atoms with Crippen molar-refractivity contribution in [3.8, 4) is 106 Å². The molecule has 0 saturated heterocycles. The first-order valence-corrected chi connectivity index (χ1v) is 46.9. The highest BCUT2D eigenvalue weighted by molar-refractivity contribution is 6.14. The second-order valence-electron chi connectivity index (χ2n) is 35.1. The van der Waals surface area contributed by atoms with E-state index in [1.165, 1.54) is 132 Å². The van der Waals surface area contributed by atoms with Gasteiger partial charge in [-0.2, -0.15) is 0 Å². The number of benzene rings is 19. The van der Waals surface area contributed by atoms with Crippen LogP contribution in [0.3, 0.4) is 0 Å². The highest BCUT2D eigenvalue weighted by Gasteiger charge is 2.23. The SMILES string of the molecule is c1cc(-c2cccc(-n3c4ccccc4c4ccccc43)c2)cc(-n2c3ccccc3c3ccccc32)c1.c1ccc2c(c1)c1ccccc1n2-c1ccc(N(c2ccc(-n3c4ccccc4c4ccccc43)cc2)c2ccc(-n3c4ccccc4c4ccccc43)cc2)cc1.c1cncc(-c2cccc(-c3cc(-c4cccc(-c5cccnc5)c4)cc(-c4cccc(-c5cccnc5)c4)c3)c2)c1. The summed E-state index contributed by atoms with van der Waals surface area (Å²) in [5, 5.41) is 12.7. The van der Waals surface area contributed by atoms with Gasteiger partial charge in [0.15, 0.2) is 0 Å². The summed E-state index contributed by atoms with van der Waals surface area (Å²) in [5.41, 5.74) is 37.2. The predicted octanol–water partition coefficient (Wildman–Crippen LogP) is 33.9. The van der Waals surface area contributed by atoms with E-state index in [1.54, 1.807) is 0 Å². The van der Waals surface area contributed by atoms with Gasteiger partial charge in [-0.15, -0.1) is 0 Å². The lowest BCUT2D eigenvalue weighted by molar-refractivity contribution is 1.16. The molecule has 0 fully saturated rings. The summed E-state index contributed by atoms with van der Waals surface area (Å²) in [4.78, 5) is 15.3. The lowest BCUT2D eigenvalue weighted by atomic mass is 9.91. The number of pyridine rings is 3. The molecule has 9 nitrogen and oxygen atoms in total. The van der Waals surface area contributed by atoms with E-state index in [9.17, 15) is 0 Å². The molecule has 648 valence electrons. The fourth-order valence-electron chi connectivity index (χ4n) is 20.7. The molecule has 8 heterocycles. The number of rotatable bonds is 15. The molecule has 8 aromatic heterocycles. The predicted molar refractivity (Wildman–Crippen MR) is 577 cm³/mol. The Morgan fingerprint density at radius 3 is 0.514 bits per heavy atom. The van der Waals surface area contributed by atoms with Gasteiger partial charge in [-0.3, -0.25) is 15.0 Å². The molecule has 0 spiro atoms. The van der Waals surface area contributed by atoms with Gasteiger partial charge in [0.1, 0.15) is 0 Å². The Bertz CT molecular complexity index is 8230. The molecule has 27 rings (SSSR count). The fourth-order valence-corrected chi connectivity index (χ4v) is 20.7. The van der Waals surface area contributed by atoms with E-state index >= 15 is 0 Å². The van der Waals surface area contributed by atoms with E-state index in [0.717, 1.165) is 101 Å². The van der Waals surface area contributed by atoms with Crippen LogP contribution in [0.2, 0.25) is 0 Å². The first-order valence-electron chi connectivity index (χ1n) is 46.9. The maximum absolute atomic E-state index is 4.33. The van der Waals surface area contributed by atoms with Crippen LogP contribution in [0.15, 0.2) is 529 Å². The first-order chi connectivity index (χ1) is 68.5.